The summed E-state index contributed by atoms with van der Waals surface area (Å²) in [5.74, 6) is 0.143. The summed E-state index contributed by atoms with van der Waals surface area (Å²) in [4.78, 5) is 12.2. The molecule has 6 heteroatoms. The van der Waals surface area contributed by atoms with E-state index in [1.807, 2.05) is 46.8 Å². The van der Waals surface area contributed by atoms with Crippen LogP contribution in [0.2, 0.25) is 0 Å². The summed E-state index contributed by atoms with van der Waals surface area (Å²) in [6, 6.07) is 9.83. The van der Waals surface area contributed by atoms with E-state index in [2.05, 4.69) is 10.0 Å². The second-order valence-electron chi connectivity index (χ2n) is 7.01. The third-order valence-electron chi connectivity index (χ3n) is 4.01. The molecule has 0 aliphatic carbocycles. The molecule has 0 aromatic heterocycles. The number of nitrogens with one attached hydrogen (secondary N) is 2. The molecule has 0 atom stereocenters. The van der Waals surface area contributed by atoms with Gasteiger partial charge in [0.2, 0.25) is 0 Å². The first kappa shape index (κ1) is 20.0. The van der Waals surface area contributed by atoms with Crippen molar-refractivity contribution in [1.82, 2.24) is 5.32 Å². The highest BCUT2D eigenvalue weighted by molar-refractivity contribution is 7.92. The topological polar surface area (TPSA) is 75.3 Å². The number of benzene rings is 2. The highest BCUT2D eigenvalue weighted by Crippen LogP contribution is 2.25. The number of hydrogen-bond donors (Lipinski definition) is 2. The Labute approximate surface area is 155 Å². The molecular formula is C20H26N2O3S. The van der Waals surface area contributed by atoms with Crippen molar-refractivity contribution in [2.75, 3.05) is 11.3 Å². The van der Waals surface area contributed by atoms with Gasteiger partial charge in [0.05, 0.1) is 10.6 Å². The van der Waals surface area contributed by atoms with Gasteiger partial charge in [-0.1, -0.05) is 31.5 Å². The summed E-state index contributed by atoms with van der Waals surface area (Å²) < 4.78 is 28.0. The Bertz CT molecular complexity index is 878. The molecule has 26 heavy (non-hydrogen) atoms. The third kappa shape index (κ3) is 4.85. The maximum atomic E-state index is 12.7. The van der Waals surface area contributed by atoms with Crippen molar-refractivity contribution in [1.29, 1.82) is 0 Å². The molecule has 0 radical (unpaired) electrons. The Morgan fingerprint density at radius 2 is 1.54 bits per heavy atom. The summed E-state index contributed by atoms with van der Waals surface area (Å²) >= 11 is 0. The molecule has 0 unspecified atom stereocenters. The Morgan fingerprint density at radius 3 is 2.04 bits per heavy atom. The van der Waals surface area contributed by atoms with E-state index < -0.39 is 10.0 Å². The first-order chi connectivity index (χ1) is 12.1. The largest absolute Gasteiger partial charge is 0.352 e. The molecule has 0 saturated heterocycles. The van der Waals surface area contributed by atoms with Crippen LogP contribution in [0.25, 0.3) is 0 Å². The standard InChI is InChI=1S/C20H26N2O3S/c1-13(2)12-21-20(23)17-6-8-18(9-7-17)26(24,25)22-19-15(4)10-14(3)11-16(19)5/h6-11,13,22H,12H2,1-5H3,(H,21,23). The van der Waals surface area contributed by atoms with E-state index in [9.17, 15) is 13.2 Å². The molecule has 0 fully saturated rings. The number of amides is 1. The number of carbonyl (C=O) groups excluding carboxylic acids is 1. The minimum absolute atomic E-state index is 0.122. The number of rotatable bonds is 6. The van der Waals surface area contributed by atoms with Crippen LogP contribution in [0.1, 0.15) is 40.9 Å². The molecule has 2 aromatic rings. The van der Waals surface area contributed by atoms with Gasteiger partial charge in [-0.3, -0.25) is 9.52 Å². The highest BCUT2D eigenvalue weighted by Gasteiger charge is 2.17. The van der Waals surface area contributed by atoms with Crippen molar-refractivity contribution in [3.05, 3.63) is 58.7 Å². The van der Waals surface area contributed by atoms with Gasteiger partial charge in [-0.2, -0.15) is 0 Å². The van der Waals surface area contributed by atoms with Gasteiger partial charge < -0.3 is 5.32 Å². The van der Waals surface area contributed by atoms with E-state index in [4.69, 9.17) is 0 Å². The third-order valence-corrected chi connectivity index (χ3v) is 5.38. The second-order valence-corrected chi connectivity index (χ2v) is 8.69. The van der Waals surface area contributed by atoms with Gasteiger partial charge in [-0.25, -0.2) is 8.42 Å². The molecule has 0 aliphatic rings. The molecule has 0 heterocycles. The highest BCUT2D eigenvalue weighted by atomic mass is 32.2. The van der Waals surface area contributed by atoms with Crippen molar-refractivity contribution < 1.29 is 13.2 Å². The van der Waals surface area contributed by atoms with Crippen LogP contribution in [0.3, 0.4) is 0 Å². The van der Waals surface area contributed by atoms with Crippen molar-refractivity contribution in [3.8, 4) is 0 Å². The zero-order valence-corrected chi connectivity index (χ0v) is 16.7. The lowest BCUT2D eigenvalue weighted by atomic mass is 10.1. The first-order valence-corrected chi connectivity index (χ1v) is 10.1. The van der Waals surface area contributed by atoms with Gasteiger partial charge in [-0.15, -0.1) is 0 Å². The van der Waals surface area contributed by atoms with E-state index in [0.717, 1.165) is 16.7 Å². The van der Waals surface area contributed by atoms with Crippen LogP contribution in [0, 0.1) is 26.7 Å². The summed E-state index contributed by atoms with van der Waals surface area (Å²) in [6.45, 7) is 10.3. The predicted molar refractivity (Wildman–Crippen MR) is 105 cm³/mol. The lowest BCUT2D eigenvalue weighted by Crippen LogP contribution is -2.27. The van der Waals surface area contributed by atoms with E-state index in [1.165, 1.54) is 24.3 Å². The number of carbonyl (C=O) groups is 1. The molecule has 0 spiro atoms. The zero-order chi connectivity index (χ0) is 19.5. The first-order valence-electron chi connectivity index (χ1n) is 8.59. The van der Waals surface area contributed by atoms with Crippen LogP contribution in [0.5, 0.6) is 0 Å². The molecular weight excluding hydrogens is 348 g/mol. The average molecular weight is 375 g/mol. The van der Waals surface area contributed by atoms with Gasteiger partial charge >= 0.3 is 0 Å². The minimum atomic E-state index is -3.72. The van der Waals surface area contributed by atoms with Crippen LogP contribution in [0.4, 0.5) is 5.69 Å². The Kier molecular flexibility index (Phi) is 6.08. The van der Waals surface area contributed by atoms with Crippen molar-refractivity contribution >= 4 is 21.6 Å². The number of anilines is 1. The predicted octanol–water partition coefficient (Wildman–Crippen LogP) is 3.80. The fourth-order valence-electron chi connectivity index (χ4n) is 2.72. The van der Waals surface area contributed by atoms with Gasteiger partial charge in [0.25, 0.3) is 15.9 Å². The Morgan fingerprint density at radius 1 is 1.00 bits per heavy atom. The van der Waals surface area contributed by atoms with Gasteiger partial charge in [0.15, 0.2) is 0 Å². The van der Waals surface area contributed by atoms with Gasteiger partial charge in [0, 0.05) is 12.1 Å². The maximum Gasteiger partial charge on any atom is 0.261 e. The second kappa shape index (κ2) is 7.91. The normalized spacial score (nSPS) is 11.5. The maximum absolute atomic E-state index is 12.7. The molecule has 1 amide bonds. The van der Waals surface area contributed by atoms with Crippen LogP contribution in [-0.2, 0) is 10.0 Å². The molecule has 140 valence electrons. The van der Waals surface area contributed by atoms with Crippen molar-refractivity contribution in [2.45, 2.75) is 39.5 Å². The molecule has 2 aromatic carbocycles. The smallest absolute Gasteiger partial charge is 0.261 e. The monoisotopic (exact) mass is 374 g/mol. The Balaban J connectivity index is 2.21. The summed E-state index contributed by atoms with van der Waals surface area (Å²) in [5.41, 5.74) is 3.85. The van der Waals surface area contributed by atoms with Gasteiger partial charge in [0.1, 0.15) is 0 Å². The van der Waals surface area contributed by atoms with Crippen LogP contribution >= 0.6 is 0 Å². The molecule has 5 nitrogen and oxygen atoms in total. The van der Waals surface area contributed by atoms with E-state index >= 15 is 0 Å². The fourth-order valence-corrected chi connectivity index (χ4v) is 3.92. The summed E-state index contributed by atoms with van der Waals surface area (Å²) in [6.07, 6.45) is 0. The lowest BCUT2D eigenvalue weighted by molar-refractivity contribution is 0.0949. The Hall–Kier alpha value is -2.34. The van der Waals surface area contributed by atoms with Crippen molar-refractivity contribution in [3.63, 3.8) is 0 Å². The van der Waals surface area contributed by atoms with E-state index in [1.54, 1.807) is 0 Å². The SMILES string of the molecule is Cc1cc(C)c(NS(=O)(=O)c2ccc(C(=O)NCC(C)C)cc2)c(C)c1. The molecule has 2 rings (SSSR count). The quantitative estimate of drug-likeness (QED) is 0.807. The van der Waals surface area contributed by atoms with Crippen LogP contribution in [0.15, 0.2) is 41.3 Å². The summed E-state index contributed by atoms with van der Waals surface area (Å²) in [5, 5.41) is 2.81. The van der Waals surface area contributed by atoms with E-state index in [-0.39, 0.29) is 10.8 Å². The van der Waals surface area contributed by atoms with Crippen LogP contribution < -0.4 is 10.0 Å². The molecule has 0 saturated carbocycles. The zero-order valence-electron chi connectivity index (χ0n) is 15.9. The molecule has 2 N–H and O–H groups in total. The van der Waals surface area contributed by atoms with Gasteiger partial charge in [-0.05, 0) is 62.1 Å². The average Bonchev–Trinajstić information content (AvgIpc) is 2.56. The number of hydrogen-bond acceptors (Lipinski definition) is 3. The lowest BCUT2D eigenvalue weighted by Gasteiger charge is -2.14. The fraction of sp³-hybridized carbons (Fsp3) is 0.350. The molecule has 0 bridgehead atoms. The number of aryl methyl sites for hydroxylation is 3. The van der Waals surface area contributed by atoms with Crippen LogP contribution in [-0.4, -0.2) is 20.9 Å². The van der Waals surface area contributed by atoms with E-state index in [0.29, 0.717) is 23.7 Å². The summed E-state index contributed by atoms with van der Waals surface area (Å²) in [7, 11) is -3.72. The molecule has 0 aliphatic heterocycles. The van der Waals surface area contributed by atoms with Crippen molar-refractivity contribution in [2.24, 2.45) is 5.92 Å². The number of sulfonamides is 1. The minimum Gasteiger partial charge on any atom is -0.352 e.